The minimum Gasteiger partial charge on any atom is -0.144 e. The minimum absolute atomic E-state index is 0.188. The molecule has 0 saturated heterocycles. The van der Waals surface area contributed by atoms with Gasteiger partial charge in [0.25, 0.3) is 0 Å². The summed E-state index contributed by atoms with van der Waals surface area (Å²) in [5.41, 5.74) is 3.89. The first-order valence-corrected chi connectivity index (χ1v) is 12.1. The molecule has 30 heavy (non-hydrogen) atoms. The van der Waals surface area contributed by atoms with Crippen LogP contribution < -0.4 is 0 Å². The van der Waals surface area contributed by atoms with Crippen molar-refractivity contribution in [2.24, 2.45) is 0 Å². The van der Waals surface area contributed by atoms with Crippen LogP contribution in [0, 0.1) is 0 Å². The van der Waals surface area contributed by atoms with E-state index in [-0.39, 0.29) is 10.9 Å². The molecule has 2 heteroatoms. The van der Waals surface area contributed by atoms with E-state index in [0.29, 0.717) is 0 Å². The molecule has 1 aromatic heterocycles. The Balaban J connectivity index is 1.81. The molecule has 0 saturated carbocycles. The fourth-order valence-electron chi connectivity index (χ4n) is 3.74. The van der Waals surface area contributed by atoms with Crippen molar-refractivity contribution in [3.8, 4) is 21.6 Å². The molecule has 1 heterocycles. The Kier molecular flexibility index (Phi) is 5.52. The molecule has 5 aromatic rings. The number of thiophene rings is 1. The summed E-state index contributed by atoms with van der Waals surface area (Å²) in [7, 11) is -0.188. The standard InChI is InChI=1S/C28H21S2/c1-4-12-22(13-5-1)25-18-10-20-27(28(25)26-19-11-21-29-26)30(23-14-6-2-7-15-23)24-16-8-3-9-17-24/h1-21H/q+1. The van der Waals surface area contributed by atoms with Crippen LogP contribution in [0.3, 0.4) is 0 Å². The Hall–Kier alpha value is -3.07. The van der Waals surface area contributed by atoms with Crippen molar-refractivity contribution >= 4 is 22.2 Å². The van der Waals surface area contributed by atoms with Gasteiger partial charge in [0.15, 0.2) is 14.7 Å². The van der Waals surface area contributed by atoms with Crippen LogP contribution in [0.25, 0.3) is 21.6 Å². The fraction of sp³-hybridized carbons (Fsp3) is 0. The molecule has 0 aliphatic rings. The molecule has 0 unspecified atom stereocenters. The summed E-state index contributed by atoms with van der Waals surface area (Å²) in [6, 6.07) is 43.7. The van der Waals surface area contributed by atoms with Crippen LogP contribution in [0.5, 0.6) is 0 Å². The average Bonchev–Trinajstić information content (AvgIpc) is 3.36. The SMILES string of the molecule is c1ccc(-c2cccc([S+](c3ccccc3)c3ccccc3)c2-c2cccs2)cc1. The van der Waals surface area contributed by atoms with E-state index in [2.05, 4.69) is 127 Å². The Morgan fingerprint density at radius 3 is 1.67 bits per heavy atom. The van der Waals surface area contributed by atoms with Gasteiger partial charge in [-0.2, -0.15) is 0 Å². The predicted molar refractivity (Wildman–Crippen MR) is 130 cm³/mol. The zero-order chi connectivity index (χ0) is 20.2. The molecule has 5 rings (SSSR count). The number of hydrogen-bond donors (Lipinski definition) is 0. The first kappa shape index (κ1) is 18.9. The fourth-order valence-corrected chi connectivity index (χ4v) is 6.88. The highest BCUT2D eigenvalue weighted by Crippen LogP contribution is 2.43. The molecular formula is C28H21S2+. The van der Waals surface area contributed by atoms with Crippen molar-refractivity contribution in [3.05, 3.63) is 127 Å². The monoisotopic (exact) mass is 421 g/mol. The zero-order valence-electron chi connectivity index (χ0n) is 16.4. The largest absolute Gasteiger partial charge is 0.175 e. The summed E-state index contributed by atoms with van der Waals surface area (Å²) in [5.74, 6) is 0. The predicted octanol–water partition coefficient (Wildman–Crippen LogP) is 8.18. The molecule has 0 N–H and O–H groups in total. The van der Waals surface area contributed by atoms with Gasteiger partial charge in [0.2, 0.25) is 0 Å². The lowest BCUT2D eigenvalue weighted by atomic mass is 9.99. The van der Waals surface area contributed by atoms with Crippen LogP contribution in [0.4, 0.5) is 0 Å². The lowest BCUT2D eigenvalue weighted by Gasteiger charge is -2.15. The quantitative estimate of drug-likeness (QED) is 0.251. The van der Waals surface area contributed by atoms with Gasteiger partial charge in [-0.05, 0) is 52.9 Å². The first-order chi connectivity index (χ1) is 14.9. The van der Waals surface area contributed by atoms with Gasteiger partial charge >= 0.3 is 0 Å². The van der Waals surface area contributed by atoms with E-state index in [1.54, 1.807) is 0 Å². The molecular weight excluding hydrogens is 400 g/mol. The van der Waals surface area contributed by atoms with Gasteiger partial charge in [-0.25, -0.2) is 0 Å². The highest BCUT2D eigenvalue weighted by Gasteiger charge is 2.33. The smallest absolute Gasteiger partial charge is 0.144 e. The van der Waals surface area contributed by atoms with E-state index in [1.165, 1.54) is 36.3 Å². The van der Waals surface area contributed by atoms with E-state index < -0.39 is 0 Å². The van der Waals surface area contributed by atoms with E-state index >= 15 is 0 Å². The third-order valence-electron chi connectivity index (χ3n) is 5.06. The third-order valence-corrected chi connectivity index (χ3v) is 8.21. The molecule has 0 atom stereocenters. The van der Waals surface area contributed by atoms with Crippen molar-refractivity contribution in [3.63, 3.8) is 0 Å². The summed E-state index contributed by atoms with van der Waals surface area (Å²) in [5, 5.41) is 2.17. The highest BCUT2D eigenvalue weighted by molar-refractivity contribution is 7.97. The molecule has 0 radical (unpaired) electrons. The normalized spacial score (nSPS) is 11.0. The molecule has 0 aliphatic heterocycles. The maximum Gasteiger partial charge on any atom is 0.175 e. The topological polar surface area (TPSA) is 0 Å². The van der Waals surface area contributed by atoms with E-state index in [0.717, 1.165) is 0 Å². The van der Waals surface area contributed by atoms with E-state index in [4.69, 9.17) is 0 Å². The summed E-state index contributed by atoms with van der Waals surface area (Å²) >= 11 is 1.81. The van der Waals surface area contributed by atoms with Gasteiger partial charge in [-0.3, -0.25) is 0 Å². The van der Waals surface area contributed by atoms with Crippen LogP contribution in [0.1, 0.15) is 0 Å². The number of benzene rings is 4. The van der Waals surface area contributed by atoms with Crippen LogP contribution in [0.2, 0.25) is 0 Å². The van der Waals surface area contributed by atoms with Gasteiger partial charge in [-0.15, -0.1) is 11.3 Å². The summed E-state index contributed by atoms with van der Waals surface area (Å²) in [6.45, 7) is 0. The van der Waals surface area contributed by atoms with Gasteiger partial charge in [-0.1, -0.05) is 84.9 Å². The molecule has 144 valence electrons. The molecule has 0 fully saturated rings. The molecule has 0 bridgehead atoms. The van der Waals surface area contributed by atoms with Gasteiger partial charge in [0.1, 0.15) is 0 Å². The van der Waals surface area contributed by atoms with Crippen molar-refractivity contribution in [1.82, 2.24) is 0 Å². The maximum atomic E-state index is 2.31. The Morgan fingerprint density at radius 2 is 1.10 bits per heavy atom. The van der Waals surface area contributed by atoms with Crippen molar-refractivity contribution in [1.29, 1.82) is 0 Å². The van der Waals surface area contributed by atoms with Crippen LogP contribution in [-0.2, 0) is 10.9 Å². The maximum absolute atomic E-state index is 2.31. The lowest BCUT2D eigenvalue weighted by molar-refractivity contribution is 1.32. The number of rotatable bonds is 5. The summed E-state index contributed by atoms with van der Waals surface area (Å²) in [6.07, 6.45) is 0. The van der Waals surface area contributed by atoms with Crippen LogP contribution >= 0.6 is 11.3 Å². The van der Waals surface area contributed by atoms with Crippen molar-refractivity contribution in [2.75, 3.05) is 0 Å². The second-order valence-corrected chi connectivity index (χ2v) is 9.90. The molecule has 0 amide bonds. The Morgan fingerprint density at radius 1 is 0.500 bits per heavy atom. The third kappa shape index (κ3) is 3.72. The van der Waals surface area contributed by atoms with Crippen molar-refractivity contribution < 1.29 is 0 Å². The van der Waals surface area contributed by atoms with Gasteiger partial charge in [0, 0.05) is 4.88 Å². The Bertz CT molecular complexity index is 1170. The van der Waals surface area contributed by atoms with E-state index in [1.807, 2.05) is 11.3 Å². The van der Waals surface area contributed by atoms with Crippen LogP contribution in [0.15, 0.2) is 141 Å². The summed E-state index contributed by atoms with van der Waals surface area (Å²) < 4.78 is 0. The second kappa shape index (κ2) is 8.74. The highest BCUT2D eigenvalue weighted by atomic mass is 32.2. The summed E-state index contributed by atoms with van der Waals surface area (Å²) in [4.78, 5) is 5.36. The minimum atomic E-state index is -0.188. The molecule has 0 spiro atoms. The Labute approximate surface area is 184 Å². The van der Waals surface area contributed by atoms with Gasteiger partial charge in [0.05, 0.1) is 16.5 Å². The van der Waals surface area contributed by atoms with Crippen LogP contribution in [-0.4, -0.2) is 0 Å². The lowest BCUT2D eigenvalue weighted by Crippen LogP contribution is -2.07. The zero-order valence-corrected chi connectivity index (χ0v) is 18.1. The first-order valence-electron chi connectivity index (χ1n) is 9.98. The average molecular weight is 422 g/mol. The van der Waals surface area contributed by atoms with E-state index in [9.17, 15) is 0 Å². The van der Waals surface area contributed by atoms with Gasteiger partial charge < -0.3 is 0 Å². The van der Waals surface area contributed by atoms with Crippen molar-refractivity contribution in [2.45, 2.75) is 14.7 Å². The molecule has 4 aromatic carbocycles. The number of hydrogen-bond acceptors (Lipinski definition) is 1. The second-order valence-electron chi connectivity index (χ2n) is 6.95. The molecule has 0 aliphatic carbocycles. The molecule has 0 nitrogen and oxygen atoms in total.